The molecule has 0 aromatic carbocycles. The Balaban J connectivity index is 2.26. The molecule has 3 heteroatoms. The molecule has 0 spiro atoms. The van der Waals surface area contributed by atoms with Crippen LogP contribution in [0.1, 0.15) is 33.1 Å². The summed E-state index contributed by atoms with van der Waals surface area (Å²) < 4.78 is 5.07. The van der Waals surface area contributed by atoms with Gasteiger partial charge < -0.3 is 9.84 Å². The van der Waals surface area contributed by atoms with Gasteiger partial charge in [0.25, 0.3) is 0 Å². The van der Waals surface area contributed by atoms with E-state index in [2.05, 4.69) is 6.92 Å². The first-order valence-electron chi connectivity index (χ1n) is 4.97. The van der Waals surface area contributed by atoms with Gasteiger partial charge in [0.15, 0.2) is 0 Å². The van der Waals surface area contributed by atoms with Crippen molar-refractivity contribution < 1.29 is 14.6 Å². The van der Waals surface area contributed by atoms with E-state index < -0.39 is 5.60 Å². The number of hydrogen-bond acceptors (Lipinski definition) is 3. The van der Waals surface area contributed by atoms with Gasteiger partial charge in [0, 0.05) is 0 Å². The molecule has 0 radical (unpaired) electrons. The van der Waals surface area contributed by atoms with Crippen molar-refractivity contribution in [2.45, 2.75) is 44.8 Å². The van der Waals surface area contributed by atoms with E-state index in [1.54, 1.807) is 6.92 Å². The smallest absolute Gasteiger partial charge is 0.312 e. The number of carbonyl (C=O) groups excluding carboxylic acids is 1. The standard InChI is InChI=1S/C10H16O3/c1-6-3-4-8-9(11)13-7(2)10(8,12)5-6/h6-8,12H,3-5H2,1-2H3. The molecule has 2 aliphatic rings. The van der Waals surface area contributed by atoms with E-state index in [0.717, 1.165) is 12.8 Å². The van der Waals surface area contributed by atoms with Crippen molar-refractivity contribution >= 4 is 5.97 Å². The van der Waals surface area contributed by atoms with Crippen LogP contribution in [0.5, 0.6) is 0 Å². The Kier molecular flexibility index (Phi) is 1.88. The molecule has 3 nitrogen and oxygen atoms in total. The van der Waals surface area contributed by atoms with Crippen LogP contribution in [-0.4, -0.2) is 22.8 Å². The number of ether oxygens (including phenoxy) is 1. The summed E-state index contributed by atoms with van der Waals surface area (Å²) >= 11 is 0. The van der Waals surface area contributed by atoms with E-state index in [1.165, 1.54) is 0 Å². The van der Waals surface area contributed by atoms with Crippen molar-refractivity contribution in [2.75, 3.05) is 0 Å². The van der Waals surface area contributed by atoms with Crippen molar-refractivity contribution in [1.82, 2.24) is 0 Å². The zero-order chi connectivity index (χ0) is 9.64. The van der Waals surface area contributed by atoms with Gasteiger partial charge in [0.2, 0.25) is 0 Å². The van der Waals surface area contributed by atoms with Crippen LogP contribution in [-0.2, 0) is 9.53 Å². The Morgan fingerprint density at radius 1 is 1.46 bits per heavy atom. The van der Waals surface area contributed by atoms with Crippen LogP contribution in [0, 0.1) is 11.8 Å². The third-order valence-corrected chi connectivity index (χ3v) is 3.51. The van der Waals surface area contributed by atoms with Crippen LogP contribution in [0.3, 0.4) is 0 Å². The highest BCUT2D eigenvalue weighted by atomic mass is 16.6. The fraction of sp³-hybridized carbons (Fsp3) is 0.900. The number of hydrogen-bond donors (Lipinski definition) is 1. The van der Waals surface area contributed by atoms with Crippen molar-refractivity contribution in [3.8, 4) is 0 Å². The van der Waals surface area contributed by atoms with Gasteiger partial charge in [-0.3, -0.25) is 4.79 Å². The van der Waals surface area contributed by atoms with Gasteiger partial charge in [0.1, 0.15) is 11.7 Å². The molecule has 13 heavy (non-hydrogen) atoms. The van der Waals surface area contributed by atoms with Crippen LogP contribution in [0.15, 0.2) is 0 Å². The lowest BCUT2D eigenvalue weighted by molar-refractivity contribution is -0.144. The van der Waals surface area contributed by atoms with E-state index in [1.807, 2.05) is 0 Å². The molecule has 0 aromatic rings. The van der Waals surface area contributed by atoms with Crippen molar-refractivity contribution in [3.05, 3.63) is 0 Å². The van der Waals surface area contributed by atoms with Crippen LogP contribution < -0.4 is 0 Å². The van der Waals surface area contributed by atoms with Crippen LogP contribution >= 0.6 is 0 Å². The van der Waals surface area contributed by atoms with Gasteiger partial charge in [0.05, 0.1) is 5.92 Å². The van der Waals surface area contributed by atoms with Crippen LogP contribution in [0.25, 0.3) is 0 Å². The molecule has 1 aliphatic carbocycles. The van der Waals surface area contributed by atoms with Crippen molar-refractivity contribution in [2.24, 2.45) is 11.8 Å². The summed E-state index contributed by atoms with van der Waals surface area (Å²) in [5, 5.41) is 10.3. The molecule has 74 valence electrons. The number of rotatable bonds is 0. The first kappa shape index (κ1) is 9.00. The minimum Gasteiger partial charge on any atom is -0.459 e. The normalized spacial score (nSPS) is 50.1. The maximum atomic E-state index is 11.3. The first-order chi connectivity index (χ1) is 6.04. The summed E-state index contributed by atoms with van der Waals surface area (Å²) in [6.45, 7) is 3.90. The number of fused-ring (bicyclic) bond motifs is 1. The number of cyclic esters (lactones) is 1. The summed E-state index contributed by atoms with van der Waals surface area (Å²) in [5.74, 6) is 0.0267. The second-order valence-corrected chi connectivity index (χ2v) is 4.51. The maximum absolute atomic E-state index is 11.3. The molecule has 1 saturated heterocycles. The molecule has 1 heterocycles. The topological polar surface area (TPSA) is 46.5 Å². The van der Waals surface area contributed by atoms with Gasteiger partial charge in [-0.05, 0) is 32.1 Å². The van der Waals surface area contributed by atoms with E-state index in [4.69, 9.17) is 4.74 Å². The molecule has 1 saturated carbocycles. The molecule has 4 unspecified atom stereocenters. The molecule has 2 fully saturated rings. The molecule has 0 amide bonds. The van der Waals surface area contributed by atoms with Gasteiger partial charge in [-0.25, -0.2) is 0 Å². The molecular formula is C10H16O3. The Morgan fingerprint density at radius 3 is 2.85 bits per heavy atom. The van der Waals surface area contributed by atoms with Gasteiger partial charge in [-0.15, -0.1) is 0 Å². The quantitative estimate of drug-likeness (QED) is 0.573. The Bertz CT molecular complexity index is 238. The van der Waals surface area contributed by atoms with Gasteiger partial charge in [-0.1, -0.05) is 6.92 Å². The Labute approximate surface area is 78.1 Å². The molecule has 1 aliphatic heterocycles. The predicted octanol–water partition coefficient (Wildman–Crippen LogP) is 1.10. The lowest BCUT2D eigenvalue weighted by atomic mass is 9.70. The largest absolute Gasteiger partial charge is 0.459 e. The van der Waals surface area contributed by atoms with E-state index in [-0.39, 0.29) is 18.0 Å². The minimum absolute atomic E-state index is 0.207. The zero-order valence-corrected chi connectivity index (χ0v) is 8.12. The number of aliphatic hydroxyl groups is 1. The highest BCUT2D eigenvalue weighted by Crippen LogP contribution is 2.45. The fourth-order valence-corrected chi connectivity index (χ4v) is 2.63. The molecule has 4 atom stereocenters. The maximum Gasteiger partial charge on any atom is 0.312 e. The third kappa shape index (κ3) is 1.17. The lowest BCUT2D eigenvalue weighted by Crippen LogP contribution is -2.47. The lowest BCUT2D eigenvalue weighted by Gasteiger charge is -2.36. The van der Waals surface area contributed by atoms with Crippen LogP contribution in [0.4, 0.5) is 0 Å². The average Bonchev–Trinajstić information content (AvgIpc) is 2.23. The van der Waals surface area contributed by atoms with Crippen molar-refractivity contribution in [1.29, 1.82) is 0 Å². The Hall–Kier alpha value is -0.570. The first-order valence-corrected chi connectivity index (χ1v) is 4.97. The van der Waals surface area contributed by atoms with Crippen LogP contribution in [0.2, 0.25) is 0 Å². The molecule has 0 bridgehead atoms. The molecule has 0 aromatic heterocycles. The second-order valence-electron chi connectivity index (χ2n) is 4.51. The molecule has 1 N–H and O–H groups in total. The molecule has 2 rings (SSSR count). The summed E-state index contributed by atoms with van der Waals surface area (Å²) in [7, 11) is 0. The predicted molar refractivity (Wildman–Crippen MR) is 47.0 cm³/mol. The Morgan fingerprint density at radius 2 is 2.15 bits per heavy atom. The number of carbonyl (C=O) groups is 1. The van der Waals surface area contributed by atoms with Gasteiger partial charge in [-0.2, -0.15) is 0 Å². The molecular weight excluding hydrogens is 168 g/mol. The third-order valence-electron chi connectivity index (χ3n) is 3.51. The highest BCUT2D eigenvalue weighted by Gasteiger charge is 2.56. The SMILES string of the molecule is CC1CCC2C(=O)OC(C)C2(O)C1. The van der Waals surface area contributed by atoms with E-state index in [9.17, 15) is 9.90 Å². The summed E-state index contributed by atoms with van der Waals surface area (Å²) in [5.41, 5.74) is -0.880. The monoisotopic (exact) mass is 184 g/mol. The minimum atomic E-state index is -0.880. The zero-order valence-electron chi connectivity index (χ0n) is 8.12. The highest BCUT2D eigenvalue weighted by molar-refractivity contribution is 5.77. The second kappa shape index (κ2) is 2.71. The van der Waals surface area contributed by atoms with E-state index in [0.29, 0.717) is 12.3 Å². The number of esters is 1. The van der Waals surface area contributed by atoms with Crippen molar-refractivity contribution in [3.63, 3.8) is 0 Å². The summed E-state index contributed by atoms with van der Waals surface area (Å²) in [6, 6.07) is 0. The summed E-state index contributed by atoms with van der Waals surface area (Å²) in [4.78, 5) is 11.3. The average molecular weight is 184 g/mol. The summed E-state index contributed by atoms with van der Waals surface area (Å²) in [6.07, 6.45) is 2.17. The fourth-order valence-electron chi connectivity index (χ4n) is 2.63. The van der Waals surface area contributed by atoms with Gasteiger partial charge >= 0.3 is 5.97 Å². The van der Waals surface area contributed by atoms with E-state index >= 15 is 0 Å².